The van der Waals surface area contributed by atoms with Crippen LogP contribution in [0.1, 0.15) is 32.6 Å². The lowest BCUT2D eigenvalue weighted by atomic mass is 10.3. The number of likely N-dealkylation sites (N-methyl/N-ethyl adjacent to an activating group) is 1. The van der Waals surface area contributed by atoms with Gasteiger partial charge in [-0.25, -0.2) is 9.37 Å². The Morgan fingerprint density at radius 3 is 2.83 bits per heavy atom. The normalized spacial score (nSPS) is 11.6. The molecular formula is C14H20FN3. The van der Waals surface area contributed by atoms with E-state index in [1.807, 2.05) is 6.07 Å². The van der Waals surface area contributed by atoms with Crippen LogP contribution in [0.2, 0.25) is 0 Å². The molecule has 2 rings (SSSR count). The average Bonchev–Trinajstić information content (AvgIpc) is 2.66. The van der Waals surface area contributed by atoms with E-state index in [4.69, 9.17) is 0 Å². The van der Waals surface area contributed by atoms with Crippen molar-refractivity contribution in [2.24, 2.45) is 0 Å². The van der Waals surface area contributed by atoms with Crippen molar-refractivity contribution < 1.29 is 4.39 Å². The summed E-state index contributed by atoms with van der Waals surface area (Å²) >= 11 is 0. The van der Waals surface area contributed by atoms with Crippen molar-refractivity contribution in [3.05, 3.63) is 29.8 Å². The van der Waals surface area contributed by atoms with E-state index in [0.717, 1.165) is 36.4 Å². The first-order valence-corrected chi connectivity index (χ1v) is 6.50. The second-order valence-electron chi connectivity index (χ2n) is 4.73. The van der Waals surface area contributed by atoms with E-state index < -0.39 is 0 Å². The molecule has 0 radical (unpaired) electrons. The van der Waals surface area contributed by atoms with Crippen LogP contribution in [0.25, 0.3) is 11.0 Å². The predicted octanol–water partition coefficient (Wildman–Crippen LogP) is 2.91. The molecule has 0 aliphatic carbocycles. The Morgan fingerprint density at radius 1 is 1.39 bits per heavy atom. The minimum atomic E-state index is -0.228. The Morgan fingerprint density at radius 2 is 2.17 bits per heavy atom. The standard InChI is InChI=1S/C14H20FN3/c1-4-16-8-7-14-17-12-9-11(15)5-6-13(12)18(14)10(2)3/h5-6,9-10,16H,4,7-8H2,1-3H3. The largest absolute Gasteiger partial charge is 0.325 e. The van der Waals surface area contributed by atoms with Crippen LogP contribution < -0.4 is 5.32 Å². The van der Waals surface area contributed by atoms with Crippen LogP contribution in [0.5, 0.6) is 0 Å². The van der Waals surface area contributed by atoms with E-state index in [9.17, 15) is 4.39 Å². The number of fused-ring (bicyclic) bond motifs is 1. The summed E-state index contributed by atoms with van der Waals surface area (Å²) in [5.41, 5.74) is 1.76. The maximum absolute atomic E-state index is 13.2. The summed E-state index contributed by atoms with van der Waals surface area (Å²) in [5.74, 6) is 0.792. The highest BCUT2D eigenvalue weighted by Gasteiger charge is 2.13. The molecule has 2 aromatic rings. The number of imidazole rings is 1. The molecular weight excluding hydrogens is 229 g/mol. The van der Waals surface area contributed by atoms with E-state index in [1.54, 1.807) is 0 Å². The summed E-state index contributed by atoms with van der Waals surface area (Å²) in [7, 11) is 0. The summed E-state index contributed by atoms with van der Waals surface area (Å²) < 4.78 is 15.4. The first-order chi connectivity index (χ1) is 8.63. The van der Waals surface area contributed by atoms with Crippen LogP contribution >= 0.6 is 0 Å². The van der Waals surface area contributed by atoms with Gasteiger partial charge in [0.1, 0.15) is 11.6 Å². The smallest absolute Gasteiger partial charge is 0.125 e. The van der Waals surface area contributed by atoms with Crippen molar-refractivity contribution in [1.29, 1.82) is 0 Å². The molecule has 0 spiro atoms. The van der Waals surface area contributed by atoms with Crippen LogP contribution in [0.3, 0.4) is 0 Å². The van der Waals surface area contributed by atoms with Gasteiger partial charge in [0, 0.05) is 25.1 Å². The molecule has 1 N–H and O–H groups in total. The van der Waals surface area contributed by atoms with Crippen LogP contribution in [-0.4, -0.2) is 22.6 Å². The molecule has 0 unspecified atom stereocenters. The molecule has 1 aromatic carbocycles. The topological polar surface area (TPSA) is 29.9 Å². The molecule has 0 atom stereocenters. The fourth-order valence-electron chi connectivity index (χ4n) is 2.25. The van der Waals surface area contributed by atoms with Crippen LogP contribution in [0.15, 0.2) is 18.2 Å². The van der Waals surface area contributed by atoms with Gasteiger partial charge >= 0.3 is 0 Å². The Kier molecular flexibility index (Phi) is 3.97. The van der Waals surface area contributed by atoms with Gasteiger partial charge in [-0.3, -0.25) is 0 Å². The Bertz CT molecular complexity index is 531. The number of hydrogen-bond acceptors (Lipinski definition) is 2. The second-order valence-corrected chi connectivity index (χ2v) is 4.73. The van der Waals surface area contributed by atoms with Crippen molar-refractivity contribution in [3.63, 3.8) is 0 Å². The molecule has 18 heavy (non-hydrogen) atoms. The maximum Gasteiger partial charge on any atom is 0.125 e. The number of rotatable bonds is 5. The summed E-state index contributed by atoms with van der Waals surface area (Å²) in [5, 5.41) is 3.29. The summed E-state index contributed by atoms with van der Waals surface area (Å²) in [6, 6.07) is 5.15. The fourth-order valence-corrected chi connectivity index (χ4v) is 2.25. The molecule has 0 bridgehead atoms. The first-order valence-electron chi connectivity index (χ1n) is 6.50. The number of nitrogens with zero attached hydrogens (tertiary/aromatic N) is 2. The van der Waals surface area contributed by atoms with Crippen molar-refractivity contribution in [1.82, 2.24) is 14.9 Å². The van der Waals surface area contributed by atoms with Gasteiger partial charge in [-0.05, 0) is 32.5 Å². The summed E-state index contributed by atoms with van der Waals surface area (Å²) in [4.78, 5) is 4.55. The monoisotopic (exact) mass is 249 g/mol. The van der Waals surface area contributed by atoms with Gasteiger partial charge in [-0.15, -0.1) is 0 Å². The van der Waals surface area contributed by atoms with Gasteiger partial charge in [0.15, 0.2) is 0 Å². The highest BCUT2D eigenvalue weighted by atomic mass is 19.1. The maximum atomic E-state index is 13.2. The zero-order valence-corrected chi connectivity index (χ0v) is 11.2. The lowest BCUT2D eigenvalue weighted by molar-refractivity contribution is 0.572. The van der Waals surface area contributed by atoms with Gasteiger partial charge in [0.2, 0.25) is 0 Å². The van der Waals surface area contributed by atoms with Crippen molar-refractivity contribution in [2.45, 2.75) is 33.2 Å². The molecule has 0 aliphatic rings. The third-order valence-corrected chi connectivity index (χ3v) is 3.02. The highest BCUT2D eigenvalue weighted by molar-refractivity contribution is 5.76. The molecule has 98 valence electrons. The van der Waals surface area contributed by atoms with Crippen LogP contribution in [0, 0.1) is 5.82 Å². The van der Waals surface area contributed by atoms with Crippen LogP contribution in [-0.2, 0) is 6.42 Å². The average molecular weight is 249 g/mol. The molecule has 1 aromatic heterocycles. The van der Waals surface area contributed by atoms with Gasteiger partial charge in [0.25, 0.3) is 0 Å². The fraction of sp³-hybridized carbons (Fsp3) is 0.500. The summed E-state index contributed by atoms with van der Waals surface area (Å²) in [6.45, 7) is 8.19. The minimum absolute atomic E-state index is 0.228. The Hall–Kier alpha value is -1.42. The van der Waals surface area contributed by atoms with Crippen LogP contribution in [0.4, 0.5) is 4.39 Å². The predicted molar refractivity (Wildman–Crippen MR) is 72.3 cm³/mol. The number of aromatic nitrogens is 2. The lowest BCUT2D eigenvalue weighted by Gasteiger charge is -2.13. The number of halogens is 1. The number of nitrogens with one attached hydrogen (secondary N) is 1. The molecule has 4 heteroatoms. The van der Waals surface area contributed by atoms with Gasteiger partial charge < -0.3 is 9.88 Å². The molecule has 0 fully saturated rings. The molecule has 3 nitrogen and oxygen atoms in total. The van der Waals surface area contributed by atoms with E-state index in [2.05, 4.69) is 35.6 Å². The van der Waals surface area contributed by atoms with E-state index in [0.29, 0.717) is 6.04 Å². The number of hydrogen-bond donors (Lipinski definition) is 1. The van der Waals surface area contributed by atoms with E-state index >= 15 is 0 Å². The summed E-state index contributed by atoms with van der Waals surface area (Å²) in [6.07, 6.45) is 0.863. The van der Waals surface area contributed by atoms with Gasteiger partial charge in [-0.1, -0.05) is 6.92 Å². The molecule has 0 saturated carbocycles. The zero-order valence-electron chi connectivity index (χ0n) is 11.2. The third kappa shape index (κ3) is 2.53. The Labute approximate surface area is 107 Å². The molecule has 0 amide bonds. The van der Waals surface area contributed by atoms with Crippen molar-refractivity contribution in [2.75, 3.05) is 13.1 Å². The van der Waals surface area contributed by atoms with Crippen molar-refractivity contribution >= 4 is 11.0 Å². The second kappa shape index (κ2) is 5.48. The van der Waals surface area contributed by atoms with E-state index in [-0.39, 0.29) is 5.82 Å². The molecule has 1 heterocycles. The van der Waals surface area contributed by atoms with Crippen molar-refractivity contribution in [3.8, 4) is 0 Å². The molecule has 0 saturated heterocycles. The zero-order chi connectivity index (χ0) is 13.1. The van der Waals surface area contributed by atoms with Gasteiger partial charge in [-0.2, -0.15) is 0 Å². The minimum Gasteiger partial charge on any atom is -0.325 e. The van der Waals surface area contributed by atoms with Gasteiger partial charge in [0.05, 0.1) is 11.0 Å². The lowest BCUT2D eigenvalue weighted by Crippen LogP contribution is -2.18. The Balaban J connectivity index is 2.41. The highest BCUT2D eigenvalue weighted by Crippen LogP contribution is 2.22. The third-order valence-electron chi connectivity index (χ3n) is 3.02. The first kappa shape index (κ1) is 13.0. The SMILES string of the molecule is CCNCCc1nc2cc(F)ccc2n1C(C)C. The van der Waals surface area contributed by atoms with E-state index in [1.165, 1.54) is 12.1 Å². The quantitative estimate of drug-likeness (QED) is 0.826. The number of benzene rings is 1. The molecule has 0 aliphatic heterocycles.